The molecule has 0 aliphatic heterocycles. The summed E-state index contributed by atoms with van der Waals surface area (Å²) in [5.41, 5.74) is 0. The number of aromatic nitrogens is 4. The lowest BCUT2D eigenvalue weighted by atomic mass is 10.5. The van der Waals surface area contributed by atoms with Gasteiger partial charge in [0, 0.05) is 10.8 Å². The van der Waals surface area contributed by atoms with Crippen LogP contribution in [-0.2, 0) is 28.4 Å². The third kappa shape index (κ3) is 2.59. The molecular formula is C6H10N4O3S. The van der Waals surface area contributed by atoms with Gasteiger partial charge in [-0.05, 0) is 12.1 Å². The van der Waals surface area contributed by atoms with Crippen molar-refractivity contribution in [1.29, 1.82) is 0 Å². The first-order valence-corrected chi connectivity index (χ1v) is 5.21. The van der Waals surface area contributed by atoms with Gasteiger partial charge in [0.2, 0.25) is 0 Å². The summed E-state index contributed by atoms with van der Waals surface area (Å²) in [4.78, 5) is 11.7. The molecule has 2 unspecified atom stereocenters. The molecule has 14 heavy (non-hydrogen) atoms. The lowest BCUT2D eigenvalue weighted by Crippen LogP contribution is -2.23. The van der Waals surface area contributed by atoms with Gasteiger partial charge < -0.3 is 5.11 Å². The van der Waals surface area contributed by atoms with Crippen molar-refractivity contribution in [2.75, 3.05) is 0 Å². The minimum atomic E-state index is -1.51. The van der Waals surface area contributed by atoms with Gasteiger partial charge in [-0.1, -0.05) is 0 Å². The zero-order chi connectivity index (χ0) is 10.7. The van der Waals surface area contributed by atoms with E-state index in [-0.39, 0.29) is 5.75 Å². The molecule has 1 rings (SSSR count). The Morgan fingerprint density at radius 2 is 2.36 bits per heavy atom. The van der Waals surface area contributed by atoms with E-state index in [1.807, 2.05) is 0 Å². The van der Waals surface area contributed by atoms with Crippen molar-refractivity contribution in [2.45, 2.75) is 17.9 Å². The maximum atomic E-state index is 11.4. The van der Waals surface area contributed by atoms with E-state index in [2.05, 4.69) is 15.4 Å². The average Bonchev–Trinajstić information content (AvgIpc) is 2.49. The summed E-state index contributed by atoms with van der Waals surface area (Å²) in [7, 11) is 0.0730. The number of carbonyl (C=O) groups is 1. The first-order valence-electron chi connectivity index (χ1n) is 3.83. The maximum Gasteiger partial charge on any atom is 0.318 e. The minimum absolute atomic E-state index is 0.0152. The molecule has 0 bridgehead atoms. The second kappa shape index (κ2) is 4.27. The Balaban J connectivity index is 2.61. The predicted octanol–water partition coefficient (Wildman–Crippen LogP) is -1.07. The van der Waals surface area contributed by atoms with Crippen molar-refractivity contribution in [3.63, 3.8) is 0 Å². The Kier molecular flexibility index (Phi) is 3.28. The molecule has 1 heterocycles. The van der Waals surface area contributed by atoms with E-state index in [4.69, 9.17) is 5.11 Å². The van der Waals surface area contributed by atoms with Crippen molar-refractivity contribution in [2.24, 2.45) is 7.05 Å². The normalized spacial score (nSPS) is 15.0. The molecule has 1 N–H and O–H groups in total. The molecule has 0 radical (unpaired) electrons. The number of hydrogen-bond acceptors (Lipinski definition) is 5. The van der Waals surface area contributed by atoms with Gasteiger partial charge in [-0.2, -0.15) is 4.80 Å². The Morgan fingerprint density at radius 3 is 2.79 bits per heavy atom. The maximum absolute atomic E-state index is 11.4. The van der Waals surface area contributed by atoms with Crippen LogP contribution in [-0.4, -0.2) is 40.7 Å². The van der Waals surface area contributed by atoms with Crippen LogP contribution in [0, 0.1) is 0 Å². The van der Waals surface area contributed by atoms with Crippen LogP contribution in [0.4, 0.5) is 0 Å². The fourth-order valence-electron chi connectivity index (χ4n) is 0.746. The third-order valence-corrected chi connectivity index (χ3v) is 3.10. The van der Waals surface area contributed by atoms with Gasteiger partial charge in [-0.3, -0.25) is 9.00 Å². The van der Waals surface area contributed by atoms with Gasteiger partial charge in [0.25, 0.3) is 0 Å². The van der Waals surface area contributed by atoms with E-state index in [1.54, 1.807) is 7.05 Å². The molecule has 0 spiro atoms. The molecule has 1 aromatic rings. The predicted molar refractivity (Wildman–Crippen MR) is 47.7 cm³/mol. The molecule has 0 saturated heterocycles. The number of carboxylic acids is 1. The zero-order valence-corrected chi connectivity index (χ0v) is 8.56. The van der Waals surface area contributed by atoms with E-state index in [0.29, 0.717) is 5.82 Å². The second-order valence-electron chi connectivity index (χ2n) is 2.70. The molecule has 7 nitrogen and oxygen atoms in total. The summed E-state index contributed by atoms with van der Waals surface area (Å²) < 4.78 is 11.4. The summed E-state index contributed by atoms with van der Waals surface area (Å²) in [6, 6.07) is 0. The smallest absolute Gasteiger partial charge is 0.318 e. The summed E-state index contributed by atoms with van der Waals surface area (Å²) in [5, 5.41) is 18.6. The first kappa shape index (κ1) is 10.8. The highest BCUT2D eigenvalue weighted by Gasteiger charge is 2.20. The lowest BCUT2D eigenvalue weighted by molar-refractivity contribution is -0.136. The number of nitrogens with zero attached hydrogens (tertiary/aromatic N) is 4. The molecule has 1 aromatic heterocycles. The number of aliphatic carboxylic acids is 1. The van der Waals surface area contributed by atoms with Crippen LogP contribution in [0.5, 0.6) is 0 Å². The van der Waals surface area contributed by atoms with E-state index < -0.39 is 22.0 Å². The fraction of sp³-hybridized carbons (Fsp3) is 0.667. The van der Waals surface area contributed by atoms with Gasteiger partial charge in [-0.25, -0.2) is 0 Å². The van der Waals surface area contributed by atoms with Crippen molar-refractivity contribution in [3.8, 4) is 0 Å². The second-order valence-corrected chi connectivity index (χ2v) is 4.46. The summed E-state index contributed by atoms with van der Waals surface area (Å²) in [5.74, 6) is -0.785. The Hall–Kier alpha value is -1.31. The average molecular weight is 218 g/mol. The van der Waals surface area contributed by atoms with Crippen molar-refractivity contribution in [3.05, 3.63) is 5.82 Å². The molecule has 0 fully saturated rings. The number of tetrazole rings is 1. The highest BCUT2D eigenvalue weighted by molar-refractivity contribution is 7.85. The molecule has 2 atom stereocenters. The standard InChI is InChI=1S/C6H10N4O3S/c1-4(6(11)12)14(13)3-5-7-9-10(2)8-5/h4H,3H2,1-2H3,(H,11,12). The molecule has 0 aromatic carbocycles. The van der Waals surface area contributed by atoms with Gasteiger partial charge in [0.15, 0.2) is 5.82 Å². The van der Waals surface area contributed by atoms with E-state index in [1.165, 1.54) is 11.7 Å². The molecule has 0 saturated carbocycles. The van der Waals surface area contributed by atoms with Crippen LogP contribution in [0.1, 0.15) is 12.7 Å². The highest BCUT2D eigenvalue weighted by Crippen LogP contribution is 2.01. The van der Waals surface area contributed by atoms with E-state index >= 15 is 0 Å². The van der Waals surface area contributed by atoms with Gasteiger partial charge in [0.05, 0.1) is 12.8 Å². The van der Waals surface area contributed by atoms with Gasteiger partial charge in [0.1, 0.15) is 5.25 Å². The zero-order valence-electron chi connectivity index (χ0n) is 7.75. The third-order valence-electron chi connectivity index (χ3n) is 1.56. The van der Waals surface area contributed by atoms with Crippen LogP contribution in [0.25, 0.3) is 0 Å². The molecule has 78 valence electrons. The Labute approximate surface area is 82.6 Å². The summed E-state index contributed by atoms with van der Waals surface area (Å²) >= 11 is 0. The quantitative estimate of drug-likeness (QED) is 0.691. The molecule has 0 amide bonds. The molecule has 8 heteroatoms. The number of rotatable bonds is 4. The van der Waals surface area contributed by atoms with E-state index in [9.17, 15) is 9.00 Å². The SMILES string of the molecule is CC(C(=O)O)S(=O)Cc1nnn(C)n1. The lowest BCUT2D eigenvalue weighted by Gasteiger charge is -2.02. The van der Waals surface area contributed by atoms with Gasteiger partial charge >= 0.3 is 5.97 Å². The van der Waals surface area contributed by atoms with Crippen LogP contribution in [0.3, 0.4) is 0 Å². The summed E-state index contributed by atoms with van der Waals surface area (Å²) in [6.45, 7) is 1.38. The monoisotopic (exact) mass is 218 g/mol. The minimum Gasteiger partial charge on any atom is -0.480 e. The van der Waals surface area contributed by atoms with Gasteiger partial charge in [-0.15, -0.1) is 10.2 Å². The Morgan fingerprint density at radius 1 is 1.71 bits per heavy atom. The van der Waals surface area contributed by atoms with Crippen molar-refractivity contribution >= 4 is 16.8 Å². The summed E-state index contributed by atoms with van der Waals surface area (Å²) in [6.07, 6.45) is 0. The number of aryl methyl sites for hydroxylation is 1. The Bertz CT molecular complexity index is 364. The van der Waals surface area contributed by atoms with Crippen molar-refractivity contribution < 1.29 is 14.1 Å². The molecule has 0 aliphatic rings. The van der Waals surface area contributed by atoms with Crippen LogP contribution in [0.2, 0.25) is 0 Å². The van der Waals surface area contributed by atoms with Crippen molar-refractivity contribution in [1.82, 2.24) is 20.2 Å². The molecule has 0 aliphatic carbocycles. The van der Waals surface area contributed by atoms with Crippen LogP contribution < -0.4 is 0 Å². The number of carboxylic acid groups (broad SMARTS) is 1. The number of hydrogen-bond donors (Lipinski definition) is 1. The highest BCUT2D eigenvalue weighted by atomic mass is 32.2. The van der Waals surface area contributed by atoms with Crippen LogP contribution in [0.15, 0.2) is 0 Å². The fourth-order valence-corrected chi connectivity index (χ4v) is 1.59. The largest absolute Gasteiger partial charge is 0.480 e. The van der Waals surface area contributed by atoms with E-state index in [0.717, 1.165) is 0 Å². The van der Waals surface area contributed by atoms with Crippen LogP contribution >= 0.6 is 0 Å². The first-order chi connectivity index (χ1) is 6.50. The molecular weight excluding hydrogens is 208 g/mol. The topological polar surface area (TPSA) is 98.0 Å².